The largest absolute Gasteiger partial charge is 0.238 e. The van der Waals surface area contributed by atoms with Crippen LogP contribution in [0.3, 0.4) is 0 Å². The minimum atomic E-state index is -3.82. The van der Waals surface area contributed by atoms with E-state index in [1.54, 1.807) is 6.07 Å². The fourth-order valence-corrected chi connectivity index (χ4v) is 4.54. The molecule has 0 amide bonds. The Morgan fingerprint density at radius 1 is 0.852 bits per heavy atom. The lowest BCUT2D eigenvalue weighted by atomic mass is 9.92. The maximum Gasteiger partial charge on any atom is 0.238 e. The molecular formula is C23H21NO2S. The third-order valence-corrected chi connectivity index (χ3v) is 6.02. The molecule has 0 heterocycles. The van der Waals surface area contributed by atoms with E-state index in [9.17, 15) is 8.42 Å². The summed E-state index contributed by atoms with van der Waals surface area (Å²) in [5.74, 6) is 0. The molecule has 0 fully saturated rings. The lowest BCUT2D eigenvalue weighted by Crippen LogP contribution is -2.14. The first-order valence-corrected chi connectivity index (χ1v) is 10.5. The zero-order valence-electron chi connectivity index (χ0n) is 15.1. The molecule has 0 radical (unpaired) electrons. The van der Waals surface area contributed by atoms with Gasteiger partial charge in [-0.05, 0) is 70.9 Å². The molecule has 1 aliphatic carbocycles. The van der Waals surface area contributed by atoms with Crippen LogP contribution in [0.4, 0.5) is 0 Å². The summed E-state index contributed by atoms with van der Waals surface area (Å²) in [6.07, 6.45) is 3.88. The monoisotopic (exact) mass is 375 g/mol. The lowest BCUT2D eigenvalue weighted by Gasteiger charge is -2.13. The Labute approximate surface area is 160 Å². The van der Waals surface area contributed by atoms with Crippen LogP contribution < -0.4 is 5.14 Å². The molecule has 1 aliphatic rings. The minimum Gasteiger partial charge on any atom is -0.225 e. The van der Waals surface area contributed by atoms with E-state index < -0.39 is 10.0 Å². The van der Waals surface area contributed by atoms with E-state index in [1.807, 2.05) is 49.4 Å². The molecule has 0 bridgehead atoms. The fourth-order valence-electron chi connectivity index (χ4n) is 3.73. The number of hydrogen-bond acceptors (Lipinski definition) is 2. The minimum absolute atomic E-state index is 0.161. The van der Waals surface area contributed by atoms with Crippen molar-refractivity contribution in [3.63, 3.8) is 0 Å². The lowest BCUT2D eigenvalue weighted by molar-refractivity contribution is 0.597. The van der Waals surface area contributed by atoms with Crippen molar-refractivity contribution in [1.82, 2.24) is 0 Å². The van der Waals surface area contributed by atoms with E-state index in [1.165, 1.54) is 11.1 Å². The molecule has 0 atom stereocenters. The van der Waals surface area contributed by atoms with Gasteiger partial charge in [0.1, 0.15) is 0 Å². The van der Waals surface area contributed by atoms with Crippen LogP contribution in [-0.2, 0) is 22.9 Å². The van der Waals surface area contributed by atoms with Crippen molar-refractivity contribution in [2.75, 3.05) is 0 Å². The van der Waals surface area contributed by atoms with Gasteiger partial charge in [0.05, 0.1) is 4.90 Å². The van der Waals surface area contributed by atoms with Crippen LogP contribution in [0.15, 0.2) is 71.6 Å². The zero-order valence-corrected chi connectivity index (χ0v) is 16.0. The molecule has 4 rings (SSSR count). The molecule has 3 nitrogen and oxygen atoms in total. The number of fused-ring (bicyclic) bond motifs is 2. The van der Waals surface area contributed by atoms with Gasteiger partial charge in [0, 0.05) is 0 Å². The van der Waals surface area contributed by atoms with E-state index in [0.717, 1.165) is 35.1 Å². The van der Waals surface area contributed by atoms with Crippen molar-refractivity contribution in [2.45, 2.75) is 24.7 Å². The second-order valence-electron chi connectivity index (χ2n) is 6.96. The van der Waals surface area contributed by atoms with Crippen LogP contribution in [0, 0.1) is 6.92 Å². The molecule has 0 unspecified atom stereocenters. The number of primary sulfonamides is 1. The highest BCUT2D eigenvalue weighted by molar-refractivity contribution is 7.89. The maximum atomic E-state index is 12.2. The number of rotatable bonds is 2. The van der Waals surface area contributed by atoms with Crippen molar-refractivity contribution in [1.29, 1.82) is 0 Å². The molecule has 0 saturated carbocycles. The Kier molecular flexibility index (Phi) is 4.46. The van der Waals surface area contributed by atoms with Crippen molar-refractivity contribution in [3.05, 3.63) is 100 Å². The quantitative estimate of drug-likeness (QED) is 0.725. The highest BCUT2D eigenvalue weighted by atomic mass is 32.2. The van der Waals surface area contributed by atoms with Crippen molar-refractivity contribution >= 4 is 21.7 Å². The second kappa shape index (κ2) is 6.80. The average Bonchev–Trinajstić information content (AvgIpc) is 2.80. The summed E-state index contributed by atoms with van der Waals surface area (Å²) in [5.41, 5.74) is 7.33. The van der Waals surface area contributed by atoms with Gasteiger partial charge in [-0.25, -0.2) is 13.6 Å². The second-order valence-corrected chi connectivity index (χ2v) is 8.49. The first-order valence-electron chi connectivity index (χ1n) is 8.95. The Morgan fingerprint density at radius 2 is 1.41 bits per heavy atom. The number of benzene rings is 3. The Balaban J connectivity index is 2.02. The summed E-state index contributed by atoms with van der Waals surface area (Å²) in [7, 11) is -3.82. The van der Waals surface area contributed by atoms with Crippen LogP contribution >= 0.6 is 0 Å². The van der Waals surface area contributed by atoms with Crippen LogP contribution in [0.2, 0.25) is 0 Å². The number of nitrogens with two attached hydrogens (primary N) is 1. The van der Waals surface area contributed by atoms with Gasteiger partial charge in [0.25, 0.3) is 0 Å². The molecule has 0 spiro atoms. The summed E-state index contributed by atoms with van der Waals surface area (Å²) in [6.45, 7) is 1.86. The standard InChI is InChI=1S/C23H21NO2S/c1-16-10-11-19(23(14-16)27(24,25)26)15-22-20-8-4-2-6-17(20)12-13-18-7-3-5-9-21(18)22/h2-11,14-15H,12-13H2,1H3,(H2,24,25,26). The van der Waals surface area contributed by atoms with Gasteiger partial charge in [-0.1, -0.05) is 60.7 Å². The van der Waals surface area contributed by atoms with Gasteiger partial charge in [0.15, 0.2) is 0 Å². The summed E-state index contributed by atoms with van der Waals surface area (Å²) in [4.78, 5) is 0.161. The van der Waals surface area contributed by atoms with Gasteiger partial charge in [-0.15, -0.1) is 0 Å². The van der Waals surface area contributed by atoms with Gasteiger partial charge >= 0.3 is 0 Å². The highest BCUT2D eigenvalue weighted by Gasteiger charge is 2.19. The van der Waals surface area contributed by atoms with Gasteiger partial charge in [0.2, 0.25) is 10.0 Å². The first-order chi connectivity index (χ1) is 12.9. The molecule has 3 aromatic carbocycles. The number of hydrogen-bond donors (Lipinski definition) is 1. The third-order valence-electron chi connectivity index (χ3n) is 5.05. The van der Waals surface area contributed by atoms with Crippen LogP contribution in [0.25, 0.3) is 11.6 Å². The molecule has 27 heavy (non-hydrogen) atoms. The topological polar surface area (TPSA) is 60.2 Å². The zero-order chi connectivity index (χ0) is 19.0. The van der Waals surface area contributed by atoms with Crippen LogP contribution in [0.1, 0.15) is 33.4 Å². The molecule has 136 valence electrons. The van der Waals surface area contributed by atoms with E-state index in [4.69, 9.17) is 5.14 Å². The number of aryl methyl sites for hydroxylation is 3. The van der Waals surface area contributed by atoms with Crippen LogP contribution in [-0.4, -0.2) is 8.42 Å². The Morgan fingerprint density at radius 3 is 1.96 bits per heavy atom. The molecular weight excluding hydrogens is 354 g/mol. The van der Waals surface area contributed by atoms with E-state index in [2.05, 4.69) is 24.3 Å². The molecule has 0 aromatic heterocycles. The van der Waals surface area contributed by atoms with Crippen molar-refractivity contribution in [3.8, 4) is 0 Å². The summed E-state index contributed by atoms with van der Waals surface area (Å²) >= 11 is 0. The molecule has 0 saturated heterocycles. The molecule has 3 aromatic rings. The summed E-state index contributed by atoms with van der Waals surface area (Å²) in [5, 5.41) is 5.49. The molecule has 2 N–H and O–H groups in total. The van der Waals surface area contributed by atoms with E-state index >= 15 is 0 Å². The highest BCUT2D eigenvalue weighted by Crippen LogP contribution is 2.35. The average molecular weight is 375 g/mol. The van der Waals surface area contributed by atoms with Gasteiger partial charge < -0.3 is 0 Å². The normalized spacial score (nSPS) is 13.5. The molecule has 0 aliphatic heterocycles. The third kappa shape index (κ3) is 3.46. The predicted molar refractivity (Wildman–Crippen MR) is 110 cm³/mol. The van der Waals surface area contributed by atoms with Gasteiger partial charge in [-0.2, -0.15) is 0 Å². The van der Waals surface area contributed by atoms with Crippen LogP contribution in [0.5, 0.6) is 0 Å². The summed E-state index contributed by atoms with van der Waals surface area (Å²) in [6, 6.07) is 22.0. The van der Waals surface area contributed by atoms with E-state index in [0.29, 0.717) is 5.56 Å². The Hall–Kier alpha value is -2.69. The van der Waals surface area contributed by atoms with Gasteiger partial charge in [-0.3, -0.25) is 0 Å². The smallest absolute Gasteiger partial charge is 0.225 e. The molecule has 4 heteroatoms. The van der Waals surface area contributed by atoms with E-state index in [-0.39, 0.29) is 4.90 Å². The Bertz CT molecular complexity index is 1110. The van der Waals surface area contributed by atoms with Crippen molar-refractivity contribution in [2.24, 2.45) is 5.14 Å². The number of sulfonamides is 1. The predicted octanol–water partition coefficient (Wildman–Crippen LogP) is 4.33. The van der Waals surface area contributed by atoms with Crippen molar-refractivity contribution < 1.29 is 8.42 Å². The summed E-state index contributed by atoms with van der Waals surface area (Å²) < 4.78 is 24.3. The fraction of sp³-hybridized carbons (Fsp3) is 0.130. The SMILES string of the molecule is Cc1ccc(C=C2c3ccccc3CCc3ccccc32)c(S(N)(=O)=O)c1. The maximum absolute atomic E-state index is 12.2. The first kappa shape index (κ1) is 17.7.